The zero-order valence-corrected chi connectivity index (χ0v) is 13.1. The van der Waals surface area contributed by atoms with E-state index in [1.54, 1.807) is 32.9 Å². The number of H-pyrrole nitrogens is 1. The fraction of sp³-hybridized carbons (Fsp3) is 0.235. The molecule has 2 aromatic heterocycles. The molecular formula is C17H16N2O4. The first-order valence-electron chi connectivity index (χ1n) is 7.05. The lowest BCUT2D eigenvalue weighted by Gasteiger charge is -2.02. The monoisotopic (exact) mass is 312 g/mol. The molecule has 2 heterocycles. The summed E-state index contributed by atoms with van der Waals surface area (Å²) in [7, 11) is 0. The summed E-state index contributed by atoms with van der Waals surface area (Å²) in [4.78, 5) is 27.4. The van der Waals surface area contributed by atoms with E-state index >= 15 is 0 Å². The van der Waals surface area contributed by atoms with Gasteiger partial charge in [0.15, 0.2) is 0 Å². The van der Waals surface area contributed by atoms with Crippen LogP contribution in [0.5, 0.6) is 0 Å². The van der Waals surface area contributed by atoms with Crippen LogP contribution in [-0.2, 0) is 4.74 Å². The highest BCUT2D eigenvalue weighted by Crippen LogP contribution is 2.22. The maximum Gasteiger partial charge on any atom is 0.340 e. The maximum atomic E-state index is 12.6. The van der Waals surface area contributed by atoms with Crippen LogP contribution in [0.1, 0.15) is 44.8 Å². The molecule has 0 saturated carbocycles. The van der Waals surface area contributed by atoms with E-state index in [-0.39, 0.29) is 17.9 Å². The molecule has 118 valence electrons. The number of nitriles is 1. The van der Waals surface area contributed by atoms with Crippen LogP contribution in [0.4, 0.5) is 0 Å². The number of nitrogens with zero attached hydrogens (tertiary/aromatic N) is 1. The Bertz CT molecular complexity index is 805. The molecule has 0 amide bonds. The van der Waals surface area contributed by atoms with Crippen LogP contribution in [0, 0.1) is 25.2 Å². The highest BCUT2D eigenvalue weighted by molar-refractivity contribution is 6.15. The Hall–Kier alpha value is -3.07. The number of Topliss-reactive ketones (excluding diaryl/α,β-unsaturated/α-hetero) is 1. The number of carbonyl (C=O) groups excluding carboxylic acids is 2. The Morgan fingerprint density at radius 2 is 2.17 bits per heavy atom. The number of carbonyl (C=O) groups is 2. The van der Waals surface area contributed by atoms with Crippen LogP contribution in [0.2, 0.25) is 0 Å². The Balaban J connectivity index is 2.42. The Kier molecular flexibility index (Phi) is 4.82. The average Bonchev–Trinajstić information content (AvgIpc) is 3.12. The highest BCUT2D eigenvalue weighted by atomic mass is 16.5. The number of aryl methyl sites for hydroxylation is 1. The first-order valence-corrected chi connectivity index (χ1v) is 7.05. The molecule has 0 aromatic carbocycles. The lowest BCUT2D eigenvalue weighted by atomic mass is 10.0. The van der Waals surface area contributed by atoms with Crippen molar-refractivity contribution in [2.75, 3.05) is 6.61 Å². The number of rotatable bonds is 5. The Labute approximate surface area is 133 Å². The van der Waals surface area contributed by atoms with Gasteiger partial charge < -0.3 is 14.1 Å². The zero-order valence-electron chi connectivity index (χ0n) is 13.1. The smallest absolute Gasteiger partial charge is 0.340 e. The molecule has 0 radical (unpaired) electrons. The summed E-state index contributed by atoms with van der Waals surface area (Å²) in [5.41, 5.74) is 1.43. The van der Waals surface area contributed by atoms with E-state index in [2.05, 4.69) is 4.98 Å². The van der Waals surface area contributed by atoms with Gasteiger partial charge in [-0.1, -0.05) is 0 Å². The SMILES string of the molecule is CCOC(=O)c1c(C)[nH]c(C(=O)C(C#N)=Cc2ccco2)c1C. The van der Waals surface area contributed by atoms with Crippen LogP contribution in [-0.4, -0.2) is 23.3 Å². The van der Waals surface area contributed by atoms with Crippen molar-refractivity contribution in [1.82, 2.24) is 4.98 Å². The van der Waals surface area contributed by atoms with Crippen molar-refractivity contribution in [3.63, 3.8) is 0 Å². The van der Waals surface area contributed by atoms with Crippen molar-refractivity contribution >= 4 is 17.8 Å². The fourth-order valence-electron chi connectivity index (χ4n) is 2.29. The van der Waals surface area contributed by atoms with Gasteiger partial charge in [-0.2, -0.15) is 5.26 Å². The van der Waals surface area contributed by atoms with E-state index in [9.17, 15) is 14.9 Å². The molecule has 6 heteroatoms. The van der Waals surface area contributed by atoms with Gasteiger partial charge in [0.1, 0.15) is 17.4 Å². The molecule has 0 atom stereocenters. The molecule has 0 fully saturated rings. The molecule has 23 heavy (non-hydrogen) atoms. The number of hydrogen-bond acceptors (Lipinski definition) is 5. The van der Waals surface area contributed by atoms with Gasteiger partial charge in [-0.3, -0.25) is 4.79 Å². The van der Waals surface area contributed by atoms with Crippen LogP contribution >= 0.6 is 0 Å². The molecule has 0 aliphatic heterocycles. The summed E-state index contributed by atoms with van der Waals surface area (Å²) in [5.74, 6) is -0.590. The summed E-state index contributed by atoms with van der Waals surface area (Å²) in [5, 5.41) is 9.23. The third-order valence-electron chi connectivity index (χ3n) is 3.34. The normalized spacial score (nSPS) is 11.1. The van der Waals surface area contributed by atoms with E-state index in [0.717, 1.165) is 0 Å². The van der Waals surface area contributed by atoms with Gasteiger partial charge in [-0.05, 0) is 38.5 Å². The van der Waals surface area contributed by atoms with E-state index in [4.69, 9.17) is 9.15 Å². The van der Waals surface area contributed by atoms with Crippen LogP contribution in [0.15, 0.2) is 28.4 Å². The number of hydrogen-bond donors (Lipinski definition) is 1. The average molecular weight is 312 g/mol. The molecule has 2 aromatic rings. The second-order valence-corrected chi connectivity index (χ2v) is 4.86. The molecule has 0 aliphatic rings. The van der Waals surface area contributed by atoms with Gasteiger partial charge in [0.25, 0.3) is 0 Å². The van der Waals surface area contributed by atoms with Crippen LogP contribution < -0.4 is 0 Å². The van der Waals surface area contributed by atoms with Crippen molar-refractivity contribution in [2.24, 2.45) is 0 Å². The first kappa shape index (κ1) is 16.3. The summed E-state index contributed by atoms with van der Waals surface area (Å²) >= 11 is 0. The van der Waals surface area contributed by atoms with Crippen molar-refractivity contribution in [1.29, 1.82) is 5.26 Å². The maximum absolute atomic E-state index is 12.6. The molecular weight excluding hydrogens is 296 g/mol. The van der Waals surface area contributed by atoms with Crippen molar-refractivity contribution in [2.45, 2.75) is 20.8 Å². The van der Waals surface area contributed by atoms with Crippen LogP contribution in [0.3, 0.4) is 0 Å². The number of ketones is 1. The number of nitrogens with one attached hydrogen (secondary N) is 1. The molecule has 6 nitrogen and oxygen atoms in total. The number of esters is 1. The highest BCUT2D eigenvalue weighted by Gasteiger charge is 2.24. The molecule has 0 bridgehead atoms. The summed E-state index contributed by atoms with van der Waals surface area (Å²) < 4.78 is 10.1. The van der Waals surface area contributed by atoms with E-state index in [1.165, 1.54) is 12.3 Å². The summed E-state index contributed by atoms with van der Waals surface area (Å²) in [6.45, 7) is 5.28. The second kappa shape index (κ2) is 6.79. The zero-order chi connectivity index (χ0) is 17.0. The second-order valence-electron chi connectivity index (χ2n) is 4.86. The van der Waals surface area contributed by atoms with E-state index < -0.39 is 11.8 Å². The Morgan fingerprint density at radius 1 is 1.43 bits per heavy atom. The summed E-state index contributed by atoms with van der Waals surface area (Å²) in [6.07, 6.45) is 2.82. The largest absolute Gasteiger partial charge is 0.465 e. The standard InChI is InChI=1S/C17H16N2O4/c1-4-22-17(21)14-10(2)15(19-11(14)3)16(20)12(9-18)8-13-6-5-7-23-13/h5-8,19H,4H2,1-3H3. The van der Waals surface area contributed by atoms with E-state index in [1.807, 2.05) is 6.07 Å². The molecule has 1 N–H and O–H groups in total. The lowest BCUT2D eigenvalue weighted by Crippen LogP contribution is -2.08. The van der Waals surface area contributed by atoms with Crippen molar-refractivity contribution in [3.05, 3.63) is 52.2 Å². The first-order chi connectivity index (χ1) is 11.0. The minimum absolute atomic E-state index is 0.0836. The van der Waals surface area contributed by atoms with Gasteiger partial charge in [-0.25, -0.2) is 4.79 Å². The third kappa shape index (κ3) is 3.24. The number of allylic oxidation sites excluding steroid dienone is 1. The number of aromatic nitrogens is 1. The van der Waals surface area contributed by atoms with Gasteiger partial charge in [0.2, 0.25) is 5.78 Å². The molecule has 2 rings (SSSR count). The van der Waals surface area contributed by atoms with Crippen molar-refractivity contribution in [3.8, 4) is 6.07 Å². The predicted octanol–water partition coefficient (Wildman–Crippen LogP) is 3.19. The van der Waals surface area contributed by atoms with Gasteiger partial charge in [0, 0.05) is 11.8 Å². The molecule has 0 saturated heterocycles. The van der Waals surface area contributed by atoms with Gasteiger partial charge >= 0.3 is 5.97 Å². The Morgan fingerprint density at radius 3 is 2.74 bits per heavy atom. The predicted molar refractivity (Wildman–Crippen MR) is 82.9 cm³/mol. The van der Waals surface area contributed by atoms with Gasteiger partial charge in [-0.15, -0.1) is 0 Å². The number of furan rings is 1. The lowest BCUT2D eigenvalue weighted by molar-refractivity contribution is 0.0525. The fourth-order valence-corrected chi connectivity index (χ4v) is 2.29. The summed E-state index contributed by atoms with van der Waals surface area (Å²) in [6, 6.07) is 5.17. The van der Waals surface area contributed by atoms with Crippen LogP contribution in [0.25, 0.3) is 6.08 Å². The number of aromatic amines is 1. The van der Waals surface area contributed by atoms with Gasteiger partial charge in [0.05, 0.1) is 24.1 Å². The topological polar surface area (TPSA) is 96.1 Å². The minimum atomic E-state index is -0.500. The third-order valence-corrected chi connectivity index (χ3v) is 3.34. The molecule has 0 spiro atoms. The van der Waals surface area contributed by atoms with Crippen molar-refractivity contribution < 1.29 is 18.7 Å². The molecule has 0 aliphatic carbocycles. The molecule has 0 unspecified atom stereocenters. The minimum Gasteiger partial charge on any atom is -0.465 e. The quantitative estimate of drug-likeness (QED) is 0.396. The van der Waals surface area contributed by atoms with E-state index in [0.29, 0.717) is 22.6 Å². The number of ether oxygens (including phenoxy) is 1.